The van der Waals surface area contributed by atoms with Crippen molar-refractivity contribution in [2.24, 2.45) is 5.92 Å². The monoisotopic (exact) mass is 427 g/mol. The van der Waals surface area contributed by atoms with E-state index in [4.69, 9.17) is 0 Å². The highest BCUT2D eigenvalue weighted by Gasteiger charge is 2.46. The van der Waals surface area contributed by atoms with Gasteiger partial charge in [-0.25, -0.2) is 13.4 Å². The Labute approximate surface area is 166 Å². The second-order valence-electron chi connectivity index (χ2n) is 6.88. The number of hydrogen-bond donors (Lipinski definition) is 1. The zero-order valence-electron chi connectivity index (χ0n) is 15.6. The summed E-state index contributed by atoms with van der Waals surface area (Å²) in [7, 11) is -5.38. The number of alkyl halides is 3. The molecule has 1 N–H and O–H groups in total. The number of halogens is 3. The van der Waals surface area contributed by atoms with Gasteiger partial charge in [0.15, 0.2) is 0 Å². The van der Waals surface area contributed by atoms with Crippen LogP contribution in [0.25, 0.3) is 0 Å². The molecule has 156 valence electrons. The van der Waals surface area contributed by atoms with Gasteiger partial charge < -0.3 is 10.2 Å². The van der Waals surface area contributed by atoms with E-state index in [0.29, 0.717) is 31.0 Å². The summed E-state index contributed by atoms with van der Waals surface area (Å²) in [6, 6.07) is 9.87. The van der Waals surface area contributed by atoms with Crippen molar-refractivity contribution in [2.75, 3.05) is 23.3 Å². The van der Waals surface area contributed by atoms with Crippen LogP contribution in [0.4, 0.5) is 24.7 Å². The van der Waals surface area contributed by atoms with Crippen molar-refractivity contribution in [3.8, 4) is 0 Å². The van der Waals surface area contributed by atoms with Crippen LogP contribution < -0.4 is 10.2 Å². The highest BCUT2D eigenvalue weighted by Crippen LogP contribution is 2.32. The van der Waals surface area contributed by atoms with E-state index in [0.717, 1.165) is 24.2 Å². The molecule has 2 aromatic rings. The SMILES string of the molecule is Cc1cccc(NC(=O)C2CCCN(c3ccc(S(=O)(=O)C(F)(F)F)cc3)C2)n1. The van der Waals surface area contributed by atoms with Gasteiger partial charge in [0.2, 0.25) is 5.91 Å². The van der Waals surface area contributed by atoms with Crippen LogP contribution in [-0.2, 0) is 14.6 Å². The fourth-order valence-electron chi connectivity index (χ4n) is 3.24. The minimum atomic E-state index is -5.38. The minimum absolute atomic E-state index is 0.177. The number of amides is 1. The molecule has 1 amide bonds. The molecule has 0 bridgehead atoms. The molecule has 1 saturated heterocycles. The summed E-state index contributed by atoms with van der Waals surface area (Å²) in [6.45, 7) is 2.82. The Balaban J connectivity index is 1.70. The largest absolute Gasteiger partial charge is 0.501 e. The predicted molar refractivity (Wildman–Crippen MR) is 102 cm³/mol. The van der Waals surface area contributed by atoms with E-state index in [2.05, 4.69) is 10.3 Å². The Morgan fingerprint density at radius 1 is 1.17 bits per heavy atom. The number of carbonyl (C=O) groups is 1. The first-order chi connectivity index (χ1) is 13.6. The minimum Gasteiger partial charge on any atom is -0.371 e. The number of anilines is 2. The third-order valence-electron chi connectivity index (χ3n) is 4.75. The molecular formula is C19H20F3N3O3S. The fourth-order valence-corrected chi connectivity index (χ4v) is 4.00. The Morgan fingerprint density at radius 2 is 1.86 bits per heavy atom. The quantitative estimate of drug-likeness (QED) is 0.808. The van der Waals surface area contributed by atoms with Crippen molar-refractivity contribution in [1.82, 2.24) is 4.98 Å². The molecule has 2 heterocycles. The van der Waals surface area contributed by atoms with Crippen LogP contribution in [0.15, 0.2) is 47.4 Å². The molecule has 1 aromatic heterocycles. The van der Waals surface area contributed by atoms with Crippen molar-refractivity contribution in [2.45, 2.75) is 30.2 Å². The van der Waals surface area contributed by atoms with Gasteiger partial charge in [-0.15, -0.1) is 0 Å². The third-order valence-corrected chi connectivity index (χ3v) is 6.25. The lowest BCUT2D eigenvalue weighted by Crippen LogP contribution is -2.40. The zero-order chi connectivity index (χ0) is 21.2. The zero-order valence-corrected chi connectivity index (χ0v) is 16.4. The number of benzene rings is 1. The van der Waals surface area contributed by atoms with Gasteiger partial charge in [0.05, 0.1) is 10.8 Å². The second kappa shape index (κ2) is 8.02. The lowest BCUT2D eigenvalue weighted by molar-refractivity contribution is -0.120. The van der Waals surface area contributed by atoms with Crippen LogP contribution in [0.2, 0.25) is 0 Å². The lowest BCUT2D eigenvalue weighted by Gasteiger charge is -2.33. The van der Waals surface area contributed by atoms with E-state index in [1.54, 1.807) is 12.1 Å². The summed E-state index contributed by atoms with van der Waals surface area (Å²) in [5, 5.41) is 2.79. The molecule has 1 aliphatic rings. The summed E-state index contributed by atoms with van der Waals surface area (Å²) in [6.07, 6.45) is 1.40. The van der Waals surface area contributed by atoms with Gasteiger partial charge in [-0.3, -0.25) is 4.79 Å². The van der Waals surface area contributed by atoms with Gasteiger partial charge in [-0.2, -0.15) is 13.2 Å². The van der Waals surface area contributed by atoms with Crippen LogP contribution in [0.3, 0.4) is 0 Å². The normalized spacial score (nSPS) is 17.8. The summed E-state index contributed by atoms with van der Waals surface area (Å²) >= 11 is 0. The summed E-state index contributed by atoms with van der Waals surface area (Å²) in [4.78, 5) is 17.9. The van der Waals surface area contributed by atoms with Crippen LogP contribution >= 0.6 is 0 Å². The maximum Gasteiger partial charge on any atom is 0.501 e. The summed E-state index contributed by atoms with van der Waals surface area (Å²) in [5.74, 6) is -0.0254. The van der Waals surface area contributed by atoms with Crippen molar-refractivity contribution in [3.05, 3.63) is 48.2 Å². The average molecular weight is 427 g/mol. The van der Waals surface area contributed by atoms with E-state index < -0.39 is 20.2 Å². The molecule has 1 aromatic carbocycles. The molecule has 1 fully saturated rings. The number of hydrogen-bond acceptors (Lipinski definition) is 5. The molecule has 0 aliphatic carbocycles. The third kappa shape index (κ3) is 4.69. The number of piperidine rings is 1. The van der Waals surface area contributed by atoms with Gasteiger partial charge in [-0.05, 0) is 56.2 Å². The molecule has 0 spiro atoms. The number of nitrogens with one attached hydrogen (secondary N) is 1. The van der Waals surface area contributed by atoms with E-state index >= 15 is 0 Å². The molecule has 6 nitrogen and oxygen atoms in total. The number of rotatable bonds is 4. The van der Waals surface area contributed by atoms with Crippen LogP contribution in [-0.4, -0.2) is 37.9 Å². The maximum atomic E-state index is 12.7. The maximum absolute atomic E-state index is 12.7. The highest BCUT2D eigenvalue weighted by molar-refractivity contribution is 7.92. The topological polar surface area (TPSA) is 79.4 Å². The number of aromatic nitrogens is 1. The smallest absolute Gasteiger partial charge is 0.371 e. The number of pyridine rings is 1. The Morgan fingerprint density at radius 3 is 2.48 bits per heavy atom. The Kier molecular flexibility index (Phi) is 5.83. The van der Waals surface area contributed by atoms with Crippen LogP contribution in [0, 0.1) is 12.8 Å². The second-order valence-corrected chi connectivity index (χ2v) is 8.82. The average Bonchev–Trinajstić information content (AvgIpc) is 2.67. The molecule has 10 heteroatoms. The van der Waals surface area contributed by atoms with E-state index in [1.165, 1.54) is 12.1 Å². The Bertz CT molecular complexity index is 992. The van der Waals surface area contributed by atoms with E-state index in [-0.39, 0.29) is 11.8 Å². The van der Waals surface area contributed by atoms with Gasteiger partial charge in [0.1, 0.15) is 5.82 Å². The molecule has 1 atom stereocenters. The van der Waals surface area contributed by atoms with E-state index in [9.17, 15) is 26.4 Å². The molecule has 1 aliphatic heterocycles. The predicted octanol–water partition coefficient (Wildman–Crippen LogP) is 3.54. The molecule has 3 rings (SSSR count). The Hall–Kier alpha value is -2.62. The van der Waals surface area contributed by atoms with E-state index in [1.807, 2.05) is 17.9 Å². The van der Waals surface area contributed by atoms with Gasteiger partial charge in [0, 0.05) is 24.5 Å². The number of nitrogens with zero attached hydrogens (tertiary/aromatic N) is 2. The molecular weight excluding hydrogens is 407 g/mol. The standard InChI is InChI=1S/C19H20F3N3O3S/c1-13-4-2-6-17(23-13)24-18(26)14-5-3-11-25(12-14)15-7-9-16(10-8-15)29(27,28)19(20,21)22/h2,4,6-10,14H,3,5,11-12H2,1H3,(H,23,24,26). The molecule has 0 saturated carbocycles. The first kappa shape index (κ1) is 21.1. The molecule has 0 radical (unpaired) electrons. The molecule has 29 heavy (non-hydrogen) atoms. The van der Waals surface area contributed by atoms with Gasteiger partial charge in [-0.1, -0.05) is 6.07 Å². The van der Waals surface area contributed by atoms with Crippen molar-refractivity contribution >= 4 is 27.2 Å². The number of carbonyl (C=O) groups excluding carboxylic acids is 1. The number of aryl methyl sites for hydroxylation is 1. The van der Waals surface area contributed by atoms with Crippen molar-refractivity contribution in [3.63, 3.8) is 0 Å². The van der Waals surface area contributed by atoms with Crippen LogP contribution in [0.5, 0.6) is 0 Å². The van der Waals surface area contributed by atoms with Gasteiger partial charge in [0.25, 0.3) is 9.84 Å². The first-order valence-corrected chi connectivity index (χ1v) is 10.5. The lowest BCUT2D eigenvalue weighted by atomic mass is 9.96. The van der Waals surface area contributed by atoms with Crippen LogP contribution in [0.1, 0.15) is 18.5 Å². The number of sulfone groups is 1. The molecule has 1 unspecified atom stereocenters. The van der Waals surface area contributed by atoms with Gasteiger partial charge >= 0.3 is 5.51 Å². The summed E-state index contributed by atoms with van der Waals surface area (Å²) < 4.78 is 61.0. The highest BCUT2D eigenvalue weighted by atomic mass is 32.2. The first-order valence-electron chi connectivity index (χ1n) is 8.99. The van der Waals surface area contributed by atoms with Crippen molar-refractivity contribution in [1.29, 1.82) is 0 Å². The fraction of sp³-hybridized carbons (Fsp3) is 0.368. The summed E-state index contributed by atoms with van der Waals surface area (Å²) in [5.41, 5.74) is -3.99. The van der Waals surface area contributed by atoms with Crippen molar-refractivity contribution < 1.29 is 26.4 Å².